The molecule has 0 radical (unpaired) electrons. The first-order valence-electron chi connectivity index (χ1n) is 6.57. The van der Waals surface area contributed by atoms with Crippen LogP contribution in [0.1, 0.15) is 18.9 Å². The highest BCUT2D eigenvalue weighted by molar-refractivity contribution is 7.89. The number of rotatable bonds is 3. The highest BCUT2D eigenvalue weighted by Gasteiger charge is 2.42. The third-order valence-corrected chi connectivity index (χ3v) is 4.90. The van der Waals surface area contributed by atoms with E-state index in [0.717, 1.165) is 6.07 Å². The maximum Gasteiger partial charge on any atom is 0.417 e. The predicted molar refractivity (Wildman–Crippen MR) is 75.4 cm³/mol. The van der Waals surface area contributed by atoms with E-state index in [4.69, 9.17) is 10.2 Å². The third kappa shape index (κ3) is 3.42. The molecule has 1 aromatic rings. The van der Waals surface area contributed by atoms with Gasteiger partial charge in [0.1, 0.15) is 0 Å². The number of halogens is 3. The molecule has 6 nitrogen and oxygen atoms in total. The summed E-state index contributed by atoms with van der Waals surface area (Å²) in [7, 11) is -4.53. The molecular formula is C13H15F3N2O4S. The van der Waals surface area contributed by atoms with E-state index in [1.165, 1.54) is 17.9 Å². The number of hydrogen-bond acceptors (Lipinski definition) is 4. The molecular weight excluding hydrogens is 337 g/mol. The predicted octanol–water partition coefficient (Wildman–Crippen LogP) is 1.65. The lowest BCUT2D eigenvalue weighted by atomic mass is 9.90. The number of carboxylic acid groups (broad SMARTS) is 1. The minimum atomic E-state index is -4.90. The van der Waals surface area contributed by atoms with Crippen LogP contribution in [0.4, 0.5) is 18.9 Å². The second kappa shape index (κ2) is 5.38. The van der Waals surface area contributed by atoms with Gasteiger partial charge in [-0.25, -0.2) is 13.6 Å². The van der Waals surface area contributed by atoms with Crippen molar-refractivity contribution in [3.8, 4) is 0 Å². The van der Waals surface area contributed by atoms with Crippen molar-refractivity contribution in [3.05, 3.63) is 23.8 Å². The van der Waals surface area contributed by atoms with Crippen molar-refractivity contribution in [1.82, 2.24) is 0 Å². The first-order chi connectivity index (χ1) is 10.3. The Morgan fingerprint density at radius 2 is 2.00 bits per heavy atom. The third-order valence-electron chi connectivity index (χ3n) is 3.93. The quantitative estimate of drug-likeness (QED) is 0.861. The summed E-state index contributed by atoms with van der Waals surface area (Å²) in [5, 5.41) is 14.0. The molecule has 0 aliphatic carbocycles. The normalized spacial score (nSPS) is 22.4. The molecule has 1 saturated heterocycles. The van der Waals surface area contributed by atoms with E-state index in [1.807, 2.05) is 0 Å². The molecule has 1 aliphatic heterocycles. The van der Waals surface area contributed by atoms with Crippen molar-refractivity contribution < 1.29 is 31.5 Å². The highest BCUT2D eigenvalue weighted by Crippen LogP contribution is 2.39. The van der Waals surface area contributed by atoms with Crippen LogP contribution in [0.5, 0.6) is 0 Å². The van der Waals surface area contributed by atoms with E-state index < -0.39 is 38.0 Å². The van der Waals surface area contributed by atoms with Crippen LogP contribution in [0.3, 0.4) is 0 Å². The molecule has 0 saturated carbocycles. The zero-order valence-corrected chi connectivity index (χ0v) is 12.9. The number of aliphatic carboxylic acids is 1. The maximum absolute atomic E-state index is 13.1. The number of alkyl halides is 3. The minimum Gasteiger partial charge on any atom is -0.481 e. The van der Waals surface area contributed by atoms with Crippen LogP contribution in [0.15, 0.2) is 23.1 Å². The molecule has 0 spiro atoms. The topological polar surface area (TPSA) is 101 Å². The first kappa shape index (κ1) is 17.5. The van der Waals surface area contributed by atoms with Crippen molar-refractivity contribution in [1.29, 1.82) is 0 Å². The van der Waals surface area contributed by atoms with Crippen molar-refractivity contribution in [3.63, 3.8) is 0 Å². The second-order valence-corrected chi connectivity index (χ2v) is 7.29. The lowest BCUT2D eigenvalue weighted by Crippen LogP contribution is -2.31. The van der Waals surface area contributed by atoms with Crippen LogP contribution in [-0.4, -0.2) is 32.6 Å². The van der Waals surface area contributed by atoms with Crippen molar-refractivity contribution in [2.45, 2.75) is 24.4 Å². The van der Waals surface area contributed by atoms with Gasteiger partial charge in [-0.1, -0.05) is 0 Å². The number of primary sulfonamides is 1. The van der Waals surface area contributed by atoms with E-state index in [0.29, 0.717) is 6.07 Å². The number of anilines is 1. The summed E-state index contributed by atoms with van der Waals surface area (Å²) in [5.41, 5.74) is -2.31. The van der Waals surface area contributed by atoms with Gasteiger partial charge in [0, 0.05) is 18.8 Å². The van der Waals surface area contributed by atoms with Gasteiger partial charge in [-0.3, -0.25) is 4.79 Å². The van der Waals surface area contributed by atoms with E-state index >= 15 is 0 Å². The first-order valence-corrected chi connectivity index (χ1v) is 8.12. The molecule has 1 atom stereocenters. The summed E-state index contributed by atoms with van der Waals surface area (Å²) in [4.78, 5) is 11.7. The number of carboxylic acids is 1. The Balaban J connectivity index is 2.46. The van der Waals surface area contributed by atoms with Gasteiger partial charge in [-0.05, 0) is 31.5 Å². The molecule has 1 aliphatic rings. The lowest BCUT2D eigenvalue weighted by Gasteiger charge is -2.23. The van der Waals surface area contributed by atoms with Gasteiger partial charge < -0.3 is 10.0 Å². The molecule has 0 amide bonds. The molecule has 0 bridgehead atoms. The summed E-state index contributed by atoms with van der Waals surface area (Å²) < 4.78 is 61.9. The Kier molecular flexibility index (Phi) is 4.10. The monoisotopic (exact) mass is 352 g/mol. The van der Waals surface area contributed by atoms with Crippen LogP contribution in [0.25, 0.3) is 0 Å². The highest BCUT2D eigenvalue weighted by atomic mass is 32.2. The summed E-state index contributed by atoms with van der Waals surface area (Å²) in [5.74, 6) is -1.03. The van der Waals surface area contributed by atoms with Crippen molar-refractivity contribution in [2.75, 3.05) is 18.0 Å². The molecule has 128 valence electrons. The van der Waals surface area contributed by atoms with E-state index in [2.05, 4.69) is 0 Å². The van der Waals surface area contributed by atoms with Crippen LogP contribution in [-0.2, 0) is 21.0 Å². The zero-order chi connectivity index (χ0) is 17.6. The van der Waals surface area contributed by atoms with Crippen LogP contribution < -0.4 is 10.0 Å². The Bertz CT molecular complexity index is 748. The smallest absolute Gasteiger partial charge is 0.417 e. The number of nitrogens with zero attached hydrogens (tertiary/aromatic N) is 1. The summed E-state index contributed by atoms with van der Waals surface area (Å²) in [6.45, 7) is 1.81. The Labute approximate surface area is 130 Å². The SMILES string of the molecule is CC1(C(=O)O)CCN(c2ccc(S(N)(=O)=O)c(C(F)(F)F)c2)C1. The molecule has 23 heavy (non-hydrogen) atoms. The summed E-state index contributed by atoms with van der Waals surface area (Å²) in [6, 6.07) is 2.68. The Hall–Kier alpha value is -1.81. The number of hydrogen-bond donors (Lipinski definition) is 2. The summed E-state index contributed by atoms with van der Waals surface area (Å²) >= 11 is 0. The van der Waals surface area contributed by atoms with Crippen LogP contribution >= 0.6 is 0 Å². The fraction of sp³-hybridized carbons (Fsp3) is 0.462. The second-order valence-electron chi connectivity index (χ2n) is 5.76. The maximum atomic E-state index is 13.1. The summed E-state index contributed by atoms with van der Waals surface area (Å²) in [6.07, 6.45) is -4.62. The molecule has 2 rings (SSSR count). The largest absolute Gasteiger partial charge is 0.481 e. The number of nitrogens with two attached hydrogens (primary N) is 1. The van der Waals surface area contributed by atoms with Gasteiger partial charge in [-0.15, -0.1) is 0 Å². The zero-order valence-electron chi connectivity index (χ0n) is 12.1. The number of benzene rings is 1. The average molecular weight is 352 g/mol. The fourth-order valence-corrected chi connectivity index (χ4v) is 3.28. The van der Waals surface area contributed by atoms with Gasteiger partial charge in [0.05, 0.1) is 15.9 Å². The van der Waals surface area contributed by atoms with E-state index in [-0.39, 0.29) is 25.2 Å². The molecule has 1 fully saturated rings. The molecule has 1 heterocycles. The van der Waals surface area contributed by atoms with Crippen LogP contribution in [0, 0.1) is 5.41 Å². The Morgan fingerprint density at radius 3 is 2.43 bits per heavy atom. The van der Waals surface area contributed by atoms with Gasteiger partial charge in [0.25, 0.3) is 0 Å². The van der Waals surface area contributed by atoms with Crippen molar-refractivity contribution in [2.24, 2.45) is 10.6 Å². The minimum absolute atomic E-state index is 0.0361. The van der Waals surface area contributed by atoms with E-state index in [1.54, 1.807) is 0 Å². The molecule has 0 aromatic heterocycles. The van der Waals surface area contributed by atoms with Crippen molar-refractivity contribution >= 4 is 21.7 Å². The number of carbonyl (C=O) groups is 1. The molecule has 3 N–H and O–H groups in total. The van der Waals surface area contributed by atoms with E-state index in [9.17, 15) is 26.4 Å². The molecule has 10 heteroatoms. The van der Waals surface area contributed by atoms with Gasteiger partial charge in [0.15, 0.2) is 0 Å². The van der Waals surface area contributed by atoms with Gasteiger partial charge in [-0.2, -0.15) is 13.2 Å². The Morgan fingerprint density at radius 1 is 1.39 bits per heavy atom. The average Bonchev–Trinajstić information content (AvgIpc) is 2.80. The molecule has 1 unspecified atom stereocenters. The fourth-order valence-electron chi connectivity index (χ4n) is 2.54. The lowest BCUT2D eigenvalue weighted by molar-refractivity contribution is -0.146. The standard InChI is InChI=1S/C13H15F3N2O4S/c1-12(11(19)20)4-5-18(7-12)8-2-3-10(23(17,21)22)9(6-8)13(14,15)16/h2-3,6H,4-5,7H2,1H3,(H,19,20)(H2,17,21,22). The van der Waals surface area contributed by atoms with Gasteiger partial charge >= 0.3 is 12.1 Å². The number of sulfonamides is 1. The van der Waals surface area contributed by atoms with Gasteiger partial charge in [0.2, 0.25) is 10.0 Å². The van der Waals surface area contributed by atoms with Crippen LogP contribution in [0.2, 0.25) is 0 Å². The molecule has 1 aromatic carbocycles.